The van der Waals surface area contributed by atoms with Crippen molar-refractivity contribution in [2.24, 2.45) is 0 Å². The molecule has 0 aliphatic heterocycles. The van der Waals surface area contributed by atoms with Gasteiger partial charge in [-0.25, -0.2) is 9.67 Å². The van der Waals surface area contributed by atoms with Crippen LogP contribution in [-0.4, -0.2) is 27.3 Å². The van der Waals surface area contributed by atoms with Gasteiger partial charge in [-0.3, -0.25) is 4.79 Å². The molecule has 0 bridgehead atoms. The molecule has 1 amide bonds. The quantitative estimate of drug-likeness (QED) is 0.720. The normalized spacial score (nSPS) is 11.7. The van der Waals surface area contributed by atoms with Gasteiger partial charge in [0, 0.05) is 6.42 Å². The van der Waals surface area contributed by atoms with Gasteiger partial charge in [0.05, 0.1) is 12.3 Å². The van der Waals surface area contributed by atoms with E-state index in [2.05, 4.69) is 27.5 Å². The van der Waals surface area contributed by atoms with E-state index in [-0.39, 0.29) is 5.91 Å². The Balaban J connectivity index is 1.61. The van der Waals surface area contributed by atoms with E-state index < -0.39 is 6.04 Å². The highest BCUT2D eigenvalue weighted by Crippen LogP contribution is 2.25. The van der Waals surface area contributed by atoms with Gasteiger partial charge in [0.2, 0.25) is 5.91 Å². The number of hydrogen-bond acceptors (Lipinski definition) is 4. The number of nitrogens with zero attached hydrogens (tertiary/aromatic N) is 3. The number of amides is 1. The number of benzene rings is 2. The molecule has 6 nitrogen and oxygen atoms in total. The van der Waals surface area contributed by atoms with Crippen molar-refractivity contribution in [3.63, 3.8) is 0 Å². The minimum absolute atomic E-state index is 0.176. The highest BCUT2D eigenvalue weighted by Gasteiger charge is 2.17. The number of anilines is 1. The summed E-state index contributed by atoms with van der Waals surface area (Å²) in [4.78, 5) is 16.3. The Kier molecular flexibility index (Phi) is 5.41. The van der Waals surface area contributed by atoms with Crippen molar-refractivity contribution in [3.05, 3.63) is 72.8 Å². The van der Waals surface area contributed by atoms with Crippen molar-refractivity contribution in [1.29, 1.82) is 0 Å². The standard InChI is InChI=1S/C19H20N4O2/c1-15(23-14-20-13-21-23)19(24)22-17-9-5-6-10-18(17)25-12-11-16-7-3-2-4-8-16/h2-10,13-15H,11-12H2,1H3,(H,22,24)/t15-/m1/s1. The first-order valence-corrected chi connectivity index (χ1v) is 8.15. The van der Waals surface area contributed by atoms with Crippen LogP contribution >= 0.6 is 0 Å². The Morgan fingerprint density at radius 1 is 1.16 bits per heavy atom. The number of carbonyl (C=O) groups excluding carboxylic acids is 1. The molecule has 3 aromatic rings. The average Bonchev–Trinajstić information content (AvgIpc) is 3.18. The Bertz CT molecular complexity index is 803. The third-order valence-corrected chi connectivity index (χ3v) is 3.85. The Hall–Kier alpha value is -3.15. The molecule has 0 saturated heterocycles. The van der Waals surface area contributed by atoms with Gasteiger partial charge >= 0.3 is 0 Å². The lowest BCUT2D eigenvalue weighted by atomic mass is 10.2. The van der Waals surface area contributed by atoms with Crippen LogP contribution in [-0.2, 0) is 11.2 Å². The van der Waals surface area contributed by atoms with Gasteiger partial charge in [-0.2, -0.15) is 5.10 Å². The molecule has 0 aliphatic rings. The van der Waals surface area contributed by atoms with E-state index in [9.17, 15) is 4.79 Å². The van der Waals surface area contributed by atoms with E-state index in [1.165, 1.54) is 22.9 Å². The summed E-state index contributed by atoms with van der Waals surface area (Å²) >= 11 is 0. The molecule has 0 fully saturated rings. The zero-order valence-electron chi connectivity index (χ0n) is 14.0. The van der Waals surface area contributed by atoms with Gasteiger partial charge in [-0.05, 0) is 24.6 Å². The number of para-hydroxylation sites is 2. The molecule has 0 spiro atoms. The summed E-state index contributed by atoms with van der Waals surface area (Å²) in [6.45, 7) is 2.30. The smallest absolute Gasteiger partial charge is 0.249 e. The zero-order chi connectivity index (χ0) is 17.5. The minimum Gasteiger partial charge on any atom is -0.491 e. The summed E-state index contributed by atoms with van der Waals surface area (Å²) in [6, 6.07) is 17.1. The van der Waals surface area contributed by atoms with Crippen LogP contribution < -0.4 is 10.1 Å². The largest absolute Gasteiger partial charge is 0.491 e. The number of aromatic nitrogens is 3. The summed E-state index contributed by atoms with van der Waals surface area (Å²) in [5.74, 6) is 0.474. The van der Waals surface area contributed by atoms with Crippen LogP contribution in [0.25, 0.3) is 0 Å². The number of rotatable bonds is 7. The molecule has 1 aromatic heterocycles. The zero-order valence-corrected chi connectivity index (χ0v) is 14.0. The molecule has 3 rings (SSSR count). The first-order valence-electron chi connectivity index (χ1n) is 8.15. The first kappa shape index (κ1) is 16.7. The summed E-state index contributed by atoms with van der Waals surface area (Å²) in [6.07, 6.45) is 3.73. The van der Waals surface area contributed by atoms with E-state index in [0.29, 0.717) is 18.0 Å². The fourth-order valence-corrected chi connectivity index (χ4v) is 2.39. The van der Waals surface area contributed by atoms with Gasteiger partial charge in [0.25, 0.3) is 0 Å². The number of ether oxygens (including phenoxy) is 1. The minimum atomic E-state index is -0.458. The third-order valence-electron chi connectivity index (χ3n) is 3.85. The molecule has 1 atom stereocenters. The topological polar surface area (TPSA) is 69.0 Å². The second-order valence-corrected chi connectivity index (χ2v) is 5.62. The van der Waals surface area contributed by atoms with Crippen LogP contribution in [0.5, 0.6) is 5.75 Å². The highest BCUT2D eigenvalue weighted by molar-refractivity contribution is 5.94. The summed E-state index contributed by atoms with van der Waals surface area (Å²) in [5, 5.41) is 6.89. The molecule has 0 unspecified atom stereocenters. The maximum absolute atomic E-state index is 12.4. The van der Waals surface area contributed by atoms with E-state index in [1.807, 2.05) is 42.5 Å². The van der Waals surface area contributed by atoms with Crippen molar-refractivity contribution >= 4 is 11.6 Å². The lowest BCUT2D eigenvalue weighted by Gasteiger charge is -2.15. The molecule has 128 valence electrons. The molecule has 1 N–H and O–H groups in total. The molecule has 25 heavy (non-hydrogen) atoms. The van der Waals surface area contributed by atoms with Crippen molar-refractivity contribution in [1.82, 2.24) is 14.8 Å². The SMILES string of the molecule is C[C@H](C(=O)Nc1ccccc1OCCc1ccccc1)n1cncn1. The summed E-state index contributed by atoms with van der Waals surface area (Å²) < 4.78 is 7.37. The molecule has 0 aliphatic carbocycles. The highest BCUT2D eigenvalue weighted by atomic mass is 16.5. The number of nitrogens with one attached hydrogen (secondary N) is 1. The first-order chi connectivity index (χ1) is 12.2. The average molecular weight is 336 g/mol. The molecule has 6 heteroatoms. The Morgan fingerprint density at radius 3 is 2.68 bits per heavy atom. The monoisotopic (exact) mass is 336 g/mol. The summed E-state index contributed by atoms with van der Waals surface area (Å²) in [5.41, 5.74) is 1.86. The van der Waals surface area contributed by atoms with Crippen molar-refractivity contribution in [2.45, 2.75) is 19.4 Å². The predicted molar refractivity (Wildman–Crippen MR) is 95.4 cm³/mol. The van der Waals surface area contributed by atoms with E-state index in [4.69, 9.17) is 4.74 Å². The lowest BCUT2D eigenvalue weighted by Crippen LogP contribution is -2.24. The predicted octanol–water partition coefficient (Wildman–Crippen LogP) is 3.10. The van der Waals surface area contributed by atoms with Gasteiger partial charge in [-0.15, -0.1) is 0 Å². The van der Waals surface area contributed by atoms with Gasteiger partial charge < -0.3 is 10.1 Å². The molecule has 0 radical (unpaired) electrons. The molecular weight excluding hydrogens is 316 g/mol. The van der Waals surface area contributed by atoms with Gasteiger partial charge in [-0.1, -0.05) is 42.5 Å². The Labute approximate surface area is 146 Å². The van der Waals surface area contributed by atoms with Crippen molar-refractivity contribution in [3.8, 4) is 5.75 Å². The van der Waals surface area contributed by atoms with Crippen LogP contribution in [0.3, 0.4) is 0 Å². The maximum atomic E-state index is 12.4. The van der Waals surface area contributed by atoms with E-state index in [1.54, 1.807) is 6.92 Å². The molecule has 1 heterocycles. The van der Waals surface area contributed by atoms with E-state index in [0.717, 1.165) is 6.42 Å². The molecular formula is C19H20N4O2. The fraction of sp³-hybridized carbons (Fsp3) is 0.211. The second kappa shape index (κ2) is 8.10. The maximum Gasteiger partial charge on any atom is 0.249 e. The van der Waals surface area contributed by atoms with Gasteiger partial charge in [0.15, 0.2) is 0 Å². The van der Waals surface area contributed by atoms with Crippen LogP contribution in [0.15, 0.2) is 67.3 Å². The van der Waals surface area contributed by atoms with Crippen LogP contribution in [0.2, 0.25) is 0 Å². The number of carbonyl (C=O) groups is 1. The van der Waals surface area contributed by atoms with Gasteiger partial charge in [0.1, 0.15) is 24.4 Å². The Morgan fingerprint density at radius 2 is 1.92 bits per heavy atom. The molecule has 2 aromatic carbocycles. The second-order valence-electron chi connectivity index (χ2n) is 5.62. The van der Waals surface area contributed by atoms with Crippen molar-refractivity contribution < 1.29 is 9.53 Å². The van der Waals surface area contributed by atoms with Crippen molar-refractivity contribution in [2.75, 3.05) is 11.9 Å². The lowest BCUT2D eigenvalue weighted by molar-refractivity contribution is -0.119. The summed E-state index contributed by atoms with van der Waals surface area (Å²) in [7, 11) is 0. The van der Waals surface area contributed by atoms with Crippen LogP contribution in [0, 0.1) is 0 Å². The van der Waals surface area contributed by atoms with Crippen LogP contribution in [0.4, 0.5) is 5.69 Å². The van der Waals surface area contributed by atoms with Crippen LogP contribution in [0.1, 0.15) is 18.5 Å². The number of hydrogen-bond donors (Lipinski definition) is 1. The third kappa shape index (κ3) is 4.44. The fourth-order valence-electron chi connectivity index (χ4n) is 2.39. The molecule has 0 saturated carbocycles. The van der Waals surface area contributed by atoms with E-state index >= 15 is 0 Å².